The van der Waals surface area contributed by atoms with Crippen molar-refractivity contribution < 1.29 is 18.4 Å². The molecule has 3 aromatic heterocycles. The highest BCUT2D eigenvalue weighted by molar-refractivity contribution is 7.07. The van der Waals surface area contributed by atoms with Crippen LogP contribution in [-0.2, 0) is 9.53 Å². The van der Waals surface area contributed by atoms with Crippen LogP contribution in [0.3, 0.4) is 0 Å². The topological polar surface area (TPSA) is 124 Å². The summed E-state index contributed by atoms with van der Waals surface area (Å²) in [5, 5.41) is 9.81. The number of nitriles is 1. The highest BCUT2D eigenvalue weighted by atomic mass is 32.1. The SMILES string of the molecule is CC(C)OC(=O)C1=c2s/c(=C\c3ccco3)c(=O)n2C(N)=C(C#N)[C@H]1c1ccco1. The van der Waals surface area contributed by atoms with Gasteiger partial charge >= 0.3 is 5.97 Å². The molecule has 9 heteroatoms. The van der Waals surface area contributed by atoms with E-state index in [0.717, 1.165) is 11.3 Å². The van der Waals surface area contributed by atoms with Gasteiger partial charge < -0.3 is 19.3 Å². The summed E-state index contributed by atoms with van der Waals surface area (Å²) < 4.78 is 18.0. The first kappa shape index (κ1) is 19.5. The number of thiazole rings is 1. The third-order valence-electron chi connectivity index (χ3n) is 4.48. The third kappa shape index (κ3) is 3.17. The van der Waals surface area contributed by atoms with Crippen LogP contribution in [0.2, 0.25) is 0 Å². The maximum Gasteiger partial charge on any atom is 0.338 e. The molecular formula is C21H17N3O5S. The molecule has 0 spiro atoms. The van der Waals surface area contributed by atoms with Crippen LogP contribution in [0.5, 0.6) is 0 Å². The van der Waals surface area contributed by atoms with Gasteiger partial charge in [0.15, 0.2) is 0 Å². The summed E-state index contributed by atoms with van der Waals surface area (Å²) in [5.41, 5.74) is 5.95. The maximum atomic E-state index is 13.1. The number of furan rings is 2. The molecule has 1 aliphatic heterocycles. The van der Waals surface area contributed by atoms with Gasteiger partial charge in [-0.05, 0) is 38.1 Å². The number of nitrogens with two attached hydrogens (primary N) is 1. The second-order valence-corrected chi connectivity index (χ2v) is 7.83. The van der Waals surface area contributed by atoms with Crippen LogP contribution in [0.25, 0.3) is 17.5 Å². The third-order valence-corrected chi connectivity index (χ3v) is 5.58. The summed E-state index contributed by atoms with van der Waals surface area (Å²) in [4.78, 5) is 26.2. The van der Waals surface area contributed by atoms with Crippen molar-refractivity contribution in [3.05, 3.63) is 73.4 Å². The zero-order valence-corrected chi connectivity index (χ0v) is 16.9. The summed E-state index contributed by atoms with van der Waals surface area (Å²) in [5.74, 6) is -0.746. The van der Waals surface area contributed by atoms with E-state index in [2.05, 4.69) is 0 Å². The van der Waals surface area contributed by atoms with E-state index in [4.69, 9.17) is 19.3 Å². The van der Waals surface area contributed by atoms with Gasteiger partial charge in [0, 0.05) is 6.08 Å². The molecule has 0 unspecified atom stereocenters. The Kier molecular flexibility index (Phi) is 4.93. The zero-order valence-electron chi connectivity index (χ0n) is 16.1. The Morgan fingerprint density at radius 1 is 1.33 bits per heavy atom. The van der Waals surface area contributed by atoms with E-state index in [0.29, 0.717) is 20.7 Å². The molecule has 4 heterocycles. The van der Waals surface area contributed by atoms with Crippen LogP contribution in [0, 0.1) is 11.3 Å². The van der Waals surface area contributed by atoms with Gasteiger partial charge in [0.05, 0.1) is 46.3 Å². The standard InChI is InChI=1S/C21H17N3O5S/c1-11(2)29-21(26)17-16(14-6-4-8-28-14)13(10-22)18(23)24-19(25)15(30-20(17)24)9-12-5-3-7-27-12/h3-9,11,16H,23H2,1-2H3/b15-9-/t16-/m0/s1. The van der Waals surface area contributed by atoms with Gasteiger partial charge in [-0.25, -0.2) is 4.79 Å². The second kappa shape index (κ2) is 7.57. The molecule has 1 aliphatic rings. The molecule has 0 radical (unpaired) electrons. The maximum absolute atomic E-state index is 13.1. The van der Waals surface area contributed by atoms with Crippen LogP contribution in [0.4, 0.5) is 0 Å². The van der Waals surface area contributed by atoms with Crippen LogP contribution in [0.1, 0.15) is 31.3 Å². The first-order valence-corrected chi connectivity index (χ1v) is 9.89. The molecule has 0 aromatic carbocycles. The highest BCUT2D eigenvalue weighted by Gasteiger charge is 2.38. The molecule has 30 heavy (non-hydrogen) atoms. The fourth-order valence-electron chi connectivity index (χ4n) is 3.26. The smallest absolute Gasteiger partial charge is 0.338 e. The predicted octanol–water partition coefficient (Wildman–Crippen LogP) is 1.48. The van der Waals surface area contributed by atoms with E-state index >= 15 is 0 Å². The number of carbonyl (C=O) groups excluding carboxylic acids is 1. The van der Waals surface area contributed by atoms with Gasteiger partial charge in [0.1, 0.15) is 22.0 Å². The molecular weight excluding hydrogens is 406 g/mol. The Labute approximate surface area is 174 Å². The normalized spacial score (nSPS) is 16.7. The summed E-state index contributed by atoms with van der Waals surface area (Å²) in [6.45, 7) is 3.44. The molecule has 152 valence electrons. The first-order valence-electron chi connectivity index (χ1n) is 9.08. The minimum atomic E-state index is -0.884. The first-order chi connectivity index (χ1) is 14.4. The van der Waals surface area contributed by atoms with Crippen molar-refractivity contribution in [2.75, 3.05) is 0 Å². The number of allylic oxidation sites excluding steroid dienone is 1. The number of hydrogen-bond acceptors (Lipinski definition) is 8. The average Bonchev–Trinajstić information content (AvgIpc) is 3.44. The number of rotatable bonds is 4. The van der Waals surface area contributed by atoms with Gasteiger partial charge in [-0.1, -0.05) is 0 Å². The van der Waals surface area contributed by atoms with Crippen LogP contribution < -0.4 is 20.5 Å². The Balaban J connectivity index is 2.10. The molecule has 0 bridgehead atoms. The summed E-state index contributed by atoms with van der Waals surface area (Å²) in [7, 11) is 0. The van der Waals surface area contributed by atoms with Crippen LogP contribution >= 0.6 is 11.3 Å². The molecule has 0 fully saturated rings. The lowest BCUT2D eigenvalue weighted by Gasteiger charge is -2.23. The number of carbonyl (C=O) groups is 1. The number of aromatic nitrogens is 1. The molecule has 8 nitrogen and oxygen atoms in total. The minimum Gasteiger partial charge on any atom is -0.468 e. The monoisotopic (exact) mass is 423 g/mol. The van der Waals surface area contributed by atoms with Crippen molar-refractivity contribution in [1.29, 1.82) is 5.26 Å². The van der Waals surface area contributed by atoms with Crippen molar-refractivity contribution in [3.8, 4) is 6.07 Å². The van der Waals surface area contributed by atoms with E-state index < -0.39 is 23.6 Å². The number of fused-ring (bicyclic) bond motifs is 1. The van der Waals surface area contributed by atoms with Gasteiger partial charge in [-0.3, -0.25) is 9.36 Å². The van der Waals surface area contributed by atoms with Crippen molar-refractivity contribution in [2.45, 2.75) is 25.9 Å². The molecule has 0 aliphatic carbocycles. The van der Waals surface area contributed by atoms with Crippen molar-refractivity contribution in [3.63, 3.8) is 0 Å². The number of esters is 1. The van der Waals surface area contributed by atoms with Crippen molar-refractivity contribution in [1.82, 2.24) is 4.57 Å². The van der Waals surface area contributed by atoms with E-state index in [1.165, 1.54) is 17.1 Å². The van der Waals surface area contributed by atoms with Gasteiger partial charge in [-0.15, -0.1) is 11.3 Å². The molecule has 1 atom stereocenters. The summed E-state index contributed by atoms with van der Waals surface area (Å²) >= 11 is 1.07. The lowest BCUT2D eigenvalue weighted by Crippen LogP contribution is -2.40. The Bertz CT molecular complexity index is 1350. The van der Waals surface area contributed by atoms with Gasteiger partial charge in [-0.2, -0.15) is 5.26 Å². The number of nitrogens with zero attached hydrogens (tertiary/aromatic N) is 2. The molecule has 0 amide bonds. The van der Waals surface area contributed by atoms with Gasteiger partial charge in [0.2, 0.25) is 0 Å². The highest BCUT2D eigenvalue weighted by Crippen LogP contribution is 2.36. The molecule has 3 aromatic rings. The fourth-order valence-corrected chi connectivity index (χ4v) is 4.41. The Morgan fingerprint density at radius 2 is 2.07 bits per heavy atom. The lowest BCUT2D eigenvalue weighted by atomic mass is 9.88. The number of hydrogen-bond donors (Lipinski definition) is 1. The Hall–Kier alpha value is -3.77. The number of ether oxygens (including phenoxy) is 1. The van der Waals surface area contributed by atoms with E-state index in [9.17, 15) is 14.9 Å². The quantitative estimate of drug-likeness (QED) is 0.630. The van der Waals surface area contributed by atoms with Crippen LogP contribution in [-0.4, -0.2) is 16.6 Å². The van der Waals surface area contributed by atoms with Crippen molar-refractivity contribution in [2.24, 2.45) is 5.73 Å². The lowest BCUT2D eigenvalue weighted by molar-refractivity contribution is -0.140. The fraction of sp³-hybridized carbons (Fsp3) is 0.190. The van der Waals surface area contributed by atoms with Gasteiger partial charge in [0.25, 0.3) is 5.56 Å². The van der Waals surface area contributed by atoms with E-state index in [1.54, 1.807) is 44.2 Å². The van der Waals surface area contributed by atoms with Crippen molar-refractivity contribution >= 4 is 34.8 Å². The Morgan fingerprint density at radius 3 is 2.67 bits per heavy atom. The zero-order chi connectivity index (χ0) is 21.4. The second-order valence-electron chi connectivity index (χ2n) is 6.80. The minimum absolute atomic E-state index is 0.0394. The molecule has 4 rings (SSSR count). The largest absolute Gasteiger partial charge is 0.468 e. The van der Waals surface area contributed by atoms with E-state index in [1.807, 2.05) is 6.07 Å². The van der Waals surface area contributed by atoms with E-state index in [-0.39, 0.29) is 17.0 Å². The molecule has 0 saturated carbocycles. The molecule has 0 saturated heterocycles. The summed E-state index contributed by atoms with van der Waals surface area (Å²) in [6.07, 6.45) is 4.09. The predicted molar refractivity (Wildman–Crippen MR) is 109 cm³/mol. The molecule has 2 N–H and O–H groups in total. The summed E-state index contributed by atoms with van der Waals surface area (Å²) in [6, 6.07) is 8.73. The average molecular weight is 423 g/mol. The van der Waals surface area contributed by atoms with Crippen LogP contribution in [0.15, 0.2) is 56.0 Å².